The van der Waals surface area contributed by atoms with Gasteiger partial charge in [-0.05, 0) is 120 Å². The molecule has 238 valence electrons. The molecule has 0 bridgehead atoms. The maximum atomic E-state index is 2.45. The van der Waals surface area contributed by atoms with E-state index in [4.69, 9.17) is 0 Å². The van der Waals surface area contributed by atoms with Crippen LogP contribution in [0.25, 0.3) is 0 Å². The van der Waals surface area contributed by atoms with Crippen molar-refractivity contribution >= 4 is 80.3 Å². The fourth-order valence-corrected chi connectivity index (χ4v) is 8.65. The highest BCUT2D eigenvalue weighted by Crippen LogP contribution is 2.38. The fourth-order valence-electron chi connectivity index (χ4n) is 8.65. The van der Waals surface area contributed by atoms with E-state index in [1.54, 1.807) is 0 Å². The van der Waals surface area contributed by atoms with Gasteiger partial charge in [-0.3, -0.25) is 0 Å². The Morgan fingerprint density at radius 1 is 0.320 bits per heavy atom. The van der Waals surface area contributed by atoms with E-state index in [9.17, 15) is 0 Å². The smallest absolute Gasteiger partial charge is 0.246 e. The van der Waals surface area contributed by atoms with Crippen molar-refractivity contribution in [3.8, 4) is 0 Å². The Labute approximate surface area is 296 Å². The minimum Gasteiger partial charge on any atom is -0.312 e. The van der Waals surface area contributed by atoms with Crippen LogP contribution in [0.5, 0.6) is 0 Å². The highest BCUT2D eigenvalue weighted by atomic mass is 15.2. The van der Waals surface area contributed by atoms with E-state index in [0.717, 1.165) is 0 Å². The van der Waals surface area contributed by atoms with Gasteiger partial charge in [0.15, 0.2) is 0 Å². The highest BCUT2D eigenvalue weighted by Gasteiger charge is 2.37. The Bertz CT molecular complexity index is 2110. The molecule has 0 radical (unpaired) electrons. The summed E-state index contributed by atoms with van der Waals surface area (Å²) in [6.07, 6.45) is 0. The highest BCUT2D eigenvalue weighted by molar-refractivity contribution is 6.99. The number of fused-ring (bicyclic) bond motifs is 4. The second-order valence-corrected chi connectivity index (χ2v) is 14.1. The molecule has 0 spiro atoms. The average Bonchev–Trinajstić information content (AvgIpc) is 3.12. The van der Waals surface area contributed by atoms with Crippen LogP contribution in [0.15, 0.2) is 158 Å². The second-order valence-electron chi connectivity index (χ2n) is 14.1. The topological polar surface area (TPSA) is 6.48 Å². The number of para-hydroxylation sites is 4. The Morgan fingerprint density at radius 3 is 0.860 bits per heavy atom. The van der Waals surface area contributed by atoms with Gasteiger partial charge in [0.05, 0.1) is 0 Å². The summed E-state index contributed by atoms with van der Waals surface area (Å²) >= 11 is 0. The summed E-state index contributed by atoms with van der Waals surface area (Å²) in [4.78, 5) is 4.90. The molecule has 0 aliphatic carbocycles. The third kappa shape index (κ3) is 4.98. The summed E-state index contributed by atoms with van der Waals surface area (Å²) in [6, 6.07) is 59.0. The normalized spacial score (nSPS) is 13.0. The average molecular weight is 640 g/mol. The van der Waals surface area contributed by atoms with E-state index < -0.39 is 0 Å². The van der Waals surface area contributed by atoms with Crippen LogP contribution in [0.4, 0.5) is 34.1 Å². The molecule has 2 heterocycles. The van der Waals surface area contributed by atoms with E-state index in [0.29, 0.717) is 0 Å². The molecule has 0 fully saturated rings. The van der Waals surface area contributed by atoms with E-state index in [2.05, 4.69) is 195 Å². The molecule has 7 aromatic rings. The molecule has 0 aromatic heterocycles. The van der Waals surface area contributed by atoms with E-state index in [-0.39, 0.29) is 13.4 Å². The van der Waals surface area contributed by atoms with Crippen molar-refractivity contribution in [2.24, 2.45) is 0 Å². The molecule has 0 unspecified atom stereocenters. The lowest BCUT2D eigenvalue weighted by molar-refractivity contribution is 1.26. The van der Waals surface area contributed by atoms with Crippen LogP contribution in [-0.4, -0.2) is 13.4 Å². The van der Waals surface area contributed by atoms with Crippen molar-refractivity contribution in [2.45, 2.75) is 27.7 Å². The van der Waals surface area contributed by atoms with Crippen LogP contribution in [-0.2, 0) is 0 Å². The van der Waals surface area contributed by atoms with Gasteiger partial charge in [0, 0.05) is 34.1 Å². The minimum absolute atomic E-state index is 0.129. The van der Waals surface area contributed by atoms with Gasteiger partial charge in [0.1, 0.15) is 0 Å². The second kappa shape index (κ2) is 12.0. The van der Waals surface area contributed by atoms with Crippen LogP contribution in [0, 0.1) is 27.7 Å². The lowest BCUT2D eigenvalue weighted by Gasteiger charge is -2.38. The van der Waals surface area contributed by atoms with E-state index >= 15 is 0 Å². The summed E-state index contributed by atoms with van der Waals surface area (Å²) in [7, 11) is 0. The molecule has 7 aromatic carbocycles. The van der Waals surface area contributed by atoms with Gasteiger partial charge in [-0.1, -0.05) is 120 Å². The number of rotatable bonds is 4. The maximum Gasteiger partial charge on any atom is 0.246 e. The zero-order chi connectivity index (χ0) is 33.9. The lowest BCUT2D eigenvalue weighted by atomic mass is 9.33. The molecule has 50 heavy (non-hydrogen) atoms. The Morgan fingerprint density at radius 2 is 0.580 bits per heavy atom. The van der Waals surface area contributed by atoms with Crippen LogP contribution in [0.2, 0.25) is 0 Å². The van der Waals surface area contributed by atoms with Gasteiger partial charge < -0.3 is 9.80 Å². The molecule has 2 aliphatic rings. The first-order valence-electron chi connectivity index (χ1n) is 17.7. The Balaban J connectivity index is 1.16. The predicted octanol–water partition coefficient (Wildman–Crippen LogP) is 7.52. The Kier molecular flexibility index (Phi) is 7.28. The van der Waals surface area contributed by atoms with Crippen molar-refractivity contribution < 1.29 is 0 Å². The first-order chi connectivity index (χ1) is 24.4. The largest absolute Gasteiger partial charge is 0.312 e. The zero-order valence-electron chi connectivity index (χ0n) is 29.1. The molecule has 2 aliphatic heterocycles. The molecular weight excluding hydrogens is 602 g/mol. The van der Waals surface area contributed by atoms with Crippen molar-refractivity contribution in [2.75, 3.05) is 9.80 Å². The lowest BCUT2D eigenvalue weighted by Crippen LogP contribution is -2.59. The van der Waals surface area contributed by atoms with Crippen molar-refractivity contribution in [1.29, 1.82) is 0 Å². The summed E-state index contributed by atoms with van der Waals surface area (Å²) in [5.41, 5.74) is 20.4. The van der Waals surface area contributed by atoms with Gasteiger partial charge in [-0.15, -0.1) is 0 Å². The standard InChI is InChI=1S/C46H38B2N2/c1-31-25-32(2)28-37(27-31)49-43-17-9-5-13-39(43)47(40-14-6-10-18-44(40)49)35-21-23-36(24-22-35)48-41-15-7-11-19-45(41)50(46-20-12-8-16-42(46)48)38-29-33(3)26-34(4)30-38/h5-30H,1-4H3. The maximum absolute atomic E-state index is 2.45. The van der Waals surface area contributed by atoms with Crippen LogP contribution in [0.1, 0.15) is 22.3 Å². The Hall–Kier alpha value is -5.73. The van der Waals surface area contributed by atoms with Gasteiger partial charge in [0.25, 0.3) is 0 Å². The quantitative estimate of drug-likeness (QED) is 0.184. The summed E-state index contributed by atoms with van der Waals surface area (Å²) in [5, 5.41) is 0. The molecule has 4 heteroatoms. The molecule has 0 N–H and O–H groups in total. The number of hydrogen-bond acceptors (Lipinski definition) is 2. The van der Waals surface area contributed by atoms with Crippen LogP contribution < -0.4 is 42.6 Å². The molecule has 0 atom stereocenters. The number of aryl methyl sites for hydroxylation is 4. The van der Waals surface area contributed by atoms with E-state index in [1.165, 1.54) is 89.2 Å². The third-order valence-corrected chi connectivity index (χ3v) is 10.5. The van der Waals surface area contributed by atoms with Crippen LogP contribution in [0.3, 0.4) is 0 Å². The van der Waals surface area contributed by atoms with Crippen molar-refractivity contribution in [3.63, 3.8) is 0 Å². The number of nitrogens with zero attached hydrogens (tertiary/aromatic N) is 2. The van der Waals surface area contributed by atoms with Gasteiger partial charge in [-0.25, -0.2) is 0 Å². The monoisotopic (exact) mass is 640 g/mol. The summed E-state index contributed by atoms with van der Waals surface area (Å²) < 4.78 is 0. The van der Waals surface area contributed by atoms with Gasteiger partial charge in [0.2, 0.25) is 13.4 Å². The number of anilines is 6. The number of benzene rings is 7. The van der Waals surface area contributed by atoms with Crippen molar-refractivity contribution in [1.82, 2.24) is 0 Å². The minimum atomic E-state index is 0.129. The molecule has 9 rings (SSSR count). The molecular formula is C46H38B2N2. The summed E-state index contributed by atoms with van der Waals surface area (Å²) in [5.74, 6) is 0. The zero-order valence-corrected chi connectivity index (χ0v) is 29.1. The molecule has 2 nitrogen and oxygen atoms in total. The summed E-state index contributed by atoms with van der Waals surface area (Å²) in [6.45, 7) is 9.01. The first-order valence-corrected chi connectivity index (χ1v) is 17.7. The van der Waals surface area contributed by atoms with Gasteiger partial charge >= 0.3 is 0 Å². The molecule has 0 amide bonds. The molecule has 0 saturated carbocycles. The molecule has 0 saturated heterocycles. The van der Waals surface area contributed by atoms with Gasteiger partial charge in [-0.2, -0.15) is 0 Å². The SMILES string of the molecule is Cc1cc(C)cc(N2c3ccccc3B(c3ccc(B4c5ccccc5N(c5cc(C)cc(C)c5)c5ccccc54)cc3)c3ccccc32)c1. The van der Waals surface area contributed by atoms with Crippen molar-refractivity contribution in [3.05, 3.63) is 180 Å². The first kappa shape index (κ1) is 30.3. The predicted molar refractivity (Wildman–Crippen MR) is 217 cm³/mol. The fraction of sp³-hybridized carbons (Fsp3) is 0.0870. The third-order valence-electron chi connectivity index (χ3n) is 10.5. The van der Waals surface area contributed by atoms with Crippen LogP contribution >= 0.6 is 0 Å². The number of hydrogen-bond donors (Lipinski definition) is 0. The van der Waals surface area contributed by atoms with E-state index in [1.807, 2.05) is 0 Å².